The quantitative estimate of drug-likeness (QED) is 0.659. The van der Waals surface area contributed by atoms with Crippen molar-refractivity contribution in [2.45, 2.75) is 73.6 Å². The lowest BCUT2D eigenvalue weighted by Gasteiger charge is -1.95. The molecule has 2 aromatic rings. The Morgan fingerprint density at radius 3 is 1.86 bits per heavy atom. The lowest BCUT2D eigenvalue weighted by Crippen LogP contribution is -1.87. The average Bonchev–Trinajstić information content (AvgIpc) is 3.08. The lowest BCUT2D eigenvalue weighted by atomic mass is 10.2. The van der Waals surface area contributed by atoms with Gasteiger partial charge in [0.25, 0.3) is 0 Å². The van der Waals surface area contributed by atoms with Crippen LogP contribution in [0.4, 0.5) is 0 Å². The summed E-state index contributed by atoms with van der Waals surface area (Å²) in [7, 11) is 0. The Labute approximate surface area is 138 Å². The van der Waals surface area contributed by atoms with Crippen LogP contribution in [0, 0.1) is 0 Å². The summed E-state index contributed by atoms with van der Waals surface area (Å²) >= 11 is 3.54. The molecule has 0 N–H and O–H groups in total. The van der Waals surface area contributed by atoms with E-state index in [0.29, 0.717) is 11.8 Å². The van der Waals surface area contributed by atoms with Crippen molar-refractivity contribution in [2.75, 3.05) is 0 Å². The predicted molar refractivity (Wildman–Crippen MR) is 97.9 cm³/mol. The van der Waals surface area contributed by atoms with Crippen molar-refractivity contribution in [3.63, 3.8) is 0 Å². The first kappa shape index (κ1) is 20.3. The van der Waals surface area contributed by atoms with Crippen LogP contribution >= 0.6 is 22.7 Å². The van der Waals surface area contributed by atoms with E-state index in [1.54, 1.807) is 22.7 Å². The molecule has 2 aromatic heterocycles. The predicted octanol–water partition coefficient (Wildman–Crippen LogP) is 6.29. The highest BCUT2D eigenvalue weighted by Crippen LogP contribution is 2.19. The largest absolute Gasteiger partial charge is 0.246 e. The van der Waals surface area contributed by atoms with E-state index in [9.17, 15) is 0 Å². The molecule has 0 bridgehead atoms. The highest BCUT2D eigenvalue weighted by molar-refractivity contribution is 7.10. The molecule has 120 valence electrons. The van der Waals surface area contributed by atoms with Crippen LogP contribution < -0.4 is 0 Å². The van der Waals surface area contributed by atoms with Gasteiger partial charge < -0.3 is 0 Å². The van der Waals surface area contributed by atoms with E-state index in [-0.39, 0.29) is 7.43 Å². The van der Waals surface area contributed by atoms with Crippen LogP contribution in [0.3, 0.4) is 0 Å². The molecule has 0 saturated heterocycles. The Morgan fingerprint density at radius 1 is 0.905 bits per heavy atom. The minimum atomic E-state index is 0. The molecule has 0 aromatic carbocycles. The maximum Gasteiger partial charge on any atom is 0.0953 e. The lowest BCUT2D eigenvalue weighted by molar-refractivity contribution is 0.823. The number of aryl methyl sites for hydroxylation is 2. The topological polar surface area (TPSA) is 25.8 Å². The van der Waals surface area contributed by atoms with Crippen molar-refractivity contribution in [3.05, 3.63) is 32.2 Å². The molecule has 2 heterocycles. The van der Waals surface area contributed by atoms with Gasteiger partial charge in [-0.25, -0.2) is 9.97 Å². The van der Waals surface area contributed by atoms with Crippen molar-refractivity contribution in [3.8, 4) is 0 Å². The van der Waals surface area contributed by atoms with Crippen molar-refractivity contribution < 1.29 is 0 Å². The van der Waals surface area contributed by atoms with Crippen LogP contribution in [0.1, 0.15) is 82.2 Å². The first-order valence-electron chi connectivity index (χ1n) is 7.36. The van der Waals surface area contributed by atoms with E-state index < -0.39 is 0 Å². The summed E-state index contributed by atoms with van der Waals surface area (Å²) in [6, 6.07) is 0. The zero-order valence-corrected chi connectivity index (χ0v) is 15.1. The maximum absolute atomic E-state index is 4.45. The molecule has 0 aliphatic carbocycles. The summed E-state index contributed by atoms with van der Waals surface area (Å²) in [6.07, 6.45) is 2.13. The van der Waals surface area contributed by atoms with E-state index >= 15 is 0 Å². The fourth-order valence-electron chi connectivity index (χ4n) is 1.50. The number of hydrogen-bond acceptors (Lipinski definition) is 4. The summed E-state index contributed by atoms with van der Waals surface area (Å²) in [5, 5.41) is 6.82. The van der Waals surface area contributed by atoms with Crippen molar-refractivity contribution in [2.24, 2.45) is 0 Å². The monoisotopic (exact) mass is 326 g/mol. The van der Waals surface area contributed by atoms with Gasteiger partial charge in [-0.1, -0.05) is 49.0 Å². The Morgan fingerprint density at radius 2 is 1.57 bits per heavy atom. The second-order valence-corrected chi connectivity index (χ2v) is 7.19. The molecular formula is C17H30N2S2. The van der Waals surface area contributed by atoms with Gasteiger partial charge in [0.05, 0.1) is 21.4 Å². The van der Waals surface area contributed by atoms with Gasteiger partial charge in [0.1, 0.15) is 0 Å². The van der Waals surface area contributed by atoms with Crippen LogP contribution in [0.5, 0.6) is 0 Å². The first-order valence-corrected chi connectivity index (χ1v) is 9.12. The number of rotatable bonds is 4. The van der Waals surface area contributed by atoms with Gasteiger partial charge in [0.2, 0.25) is 0 Å². The van der Waals surface area contributed by atoms with Crippen LogP contribution in [-0.4, -0.2) is 9.97 Å². The summed E-state index contributed by atoms with van der Waals surface area (Å²) in [5.74, 6) is 1.17. The third-order valence-electron chi connectivity index (χ3n) is 2.89. The molecule has 0 aliphatic rings. The van der Waals surface area contributed by atoms with Gasteiger partial charge in [-0.2, -0.15) is 0 Å². The van der Waals surface area contributed by atoms with Crippen LogP contribution in [0.2, 0.25) is 0 Å². The van der Waals surface area contributed by atoms with Crippen molar-refractivity contribution >= 4 is 22.7 Å². The Kier molecular flexibility index (Phi) is 9.71. The third kappa shape index (κ3) is 6.70. The van der Waals surface area contributed by atoms with Crippen molar-refractivity contribution in [1.82, 2.24) is 9.97 Å². The summed E-state index contributed by atoms with van der Waals surface area (Å²) in [6.45, 7) is 13.0. The number of hydrogen-bond donors (Lipinski definition) is 0. The van der Waals surface area contributed by atoms with E-state index in [1.807, 2.05) is 0 Å². The zero-order valence-electron chi connectivity index (χ0n) is 13.4. The minimum Gasteiger partial charge on any atom is -0.246 e. The fraction of sp³-hybridized carbons (Fsp3) is 0.647. The highest BCUT2D eigenvalue weighted by atomic mass is 32.1. The molecule has 21 heavy (non-hydrogen) atoms. The van der Waals surface area contributed by atoms with Gasteiger partial charge in [0, 0.05) is 16.7 Å². The molecule has 0 aliphatic heterocycles. The van der Waals surface area contributed by atoms with Gasteiger partial charge in [0.15, 0.2) is 0 Å². The zero-order chi connectivity index (χ0) is 15.1. The second kappa shape index (κ2) is 10.1. The molecule has 2 rings (SSSR count). The average molecular weight is 327 g/mol. The van der Waals surface area contributed by atoms with Crippen molar-refractivity contribution in [1.29, 1.82) is 0 Å². The van der Waals surface area contributed by atoms with E-state index in [0.717, 1.165) is 12.8 Å². The van der Waals surface area contributed by atoms with Gasteiger partial charge in [-0.3, -0.25) is 0 Å². The second-order valence-electron chi connectivity index (χ2n) is 5.36. The number of nitrogens with zero attached hydrogens (tertiary/aromatic N) is 2. The molecule has 0 fully saturated rings. The number of aromatic nitrogens is 2. The SMILES string of the molecule is C.CCc1csc(C(C)C)n1.CCc1nc(C(C)C)cs1. The maximum atomic E-state index is 4.45. The summed E-state index contributed by atoms with van der Waals surface area (Å²) in [5.41, 5.74) is 2.47. The Balaban J connectivity index is 0.000000364. The molecule has 4 heteroatoms. The third-order valence-corrected chi connectivity index (χ3v) is 5.09. The minimum absolute atomic E-state index is 0. The summed E-state index contributed by atoms with van der Waals surface area (Å²) < 4.78 is 0. The Bertz CT molecular complexity index is 452. The Hall–Kier alpha value is -0.740. The standard InChI is InChI=1S/2C8H13NS.CH4/c1-4-8-9-7(5-10-8)6(2)3;1-4-7-5-10-8(9-7)6(2)3;/h2*5-6H,4H2,1-3H3;1H4. The van der Waals surface area contributed by atoms with Gasteiger partial charge in [-0.05, 0) is 18.8 Å². The first-order chi connectivity index (χ1) is 9.47. The molecule has 0 unspecified atom stereocenters. The van der Waals surface area contributed by atoms with E-state index in [2.05, 4.69) is 62.3 Å². The molecule has 0 spiro atoms. The fourth-order valence-corrected chi connectivity index (χ4v) is 3.33. The van der Waals surface area contributed by atoms with Gasteiger partial charge in [-0.15, -0.1) is 22.7 Å². The molecular weight excluding hydrogens is 296 g/mol. The van der Waals surface area contributed by atoms with E-state index in [1.165, 1.54) is 21.4 Å². The highest BCUT2D eigenvalue weighted by Gasteiger charge is 2.03. The molecule has 0 saturated carbocycles. The van der Waals surface area contributed by atoms with Gasteiger partial charge >= 0.3 is 0 Å². The molecule has 0 atom stereocenters. The summed E-state index contributed by atoms with van der Waals surface area (Å²) in [4.78, 5) is 8.89. The number of thiazole rings is 2. The molecule has 2 nitrogen and oxygen atoms in total. The normalized spacial score (nSPS) is 10.3. The smallest absolute Gasteiger partial charge is 0.0953 e. The van der Waals surface area contributed by atoms with Crippen LogP contribution in [-0.2, 0) is 12.8 Å². The van der Waals surface area contributed by atoms with Crippen LogP contribution in [0.25, 0.3) is 0 Å². The van der Waals surface area contributed by atoms with E-state index in [4.69, 9.17) is 0 Å². The molecule has 0 radical (unpaired) electrons. The molecule has 0 amide bonds. The van der Waals surface area contributed by atoms with Crippen LogP contribution in [0.15, 0.2) is 10.8 Å².